The molecule has 0 bridgehead atoms. The zero-order valence-corrected chi connectivity index (χ0v) is 19.0. The molecule has 0 amide bonds. The van der Waals surface area contributed by atoms with Gasteiger partial charge in [0.15, 0.2) is 0 Å². The molecule has 2 aromatic carbocycles. The summed E-state index contributed by atoms with van der Waals surface area (Å²) in [4.78, 5) is 7.01. The molecule has 3 aromatic rings. The number of likely N-dealkylation sites (N-methyl/N-ethyl adjacent to an activating group) is 1. The first-order valence-electron chi connectivity index (χ1n) is 10.7. The van der Waals surface area contributed by atoms with Gasteiger partial charge in [0.1, 0.15) is 11.3 Å². The average molecular weight is 440 g/mol. The zero-order chi connectivity index (χ0) is 22.0. The number of fused-ring (bicyclic) bond motifs is 1. The van der Waals surface area contributed by atoms with Crippen LogP contribution < -0.4 is 4.74 Å². The molecule has 0 unspecified atom stereocenters. The van der Waals surface area contributed by atoms with Gasteiger partial charge in [-0.05, 0) is 43.2 Å². The molecule has 0 aliphatic carbocycles. The van der Waals surface area contributed by atoms with Crippen molar-refractivity contribution >= 4 is 20.9 Å². The Balaban J connectivity index is 1.63. The molecule has 1 aromatic heterocycles. The van der Waals surface area contributed by atoms with E-state index in [1.54, 1.807) is 41.9 Å². The number of rotatable bonds is 7. The second kappa shape index (κ2) is 8.94. The minimum atomic E-state index is -3.69. The Morgan fingerprint density at radius 2 is 1.94 bits per heavy atom. The summed E-state index contributed by atoms with van der Waals surface area (Å²) in [6.45, 7) is 6.11. The van der Waals surface area contributed by atoms with Crippen LogP contribution in [0.2, 0.25) is 0 Å². The fraction of sp³-hybridized carbons (Fsp3) is 0.375. The number of aromatic nitrogens is 1. The fourth-order valence-corrected chi connectivity index (χ4v) is 6.40. The summed E-state index contributed by atoms with van der Waals surface area (Å²) < 4.78 is 34.5. The number of methoxy groups -OCH3 is 1. The Morgan fingerprint density at radius 3 is 2.65 bits per heavy atom. The van der Waals surface area contributed by atoms with Crippen LogP contribution in [0.4, 0.5) is 0 Å². The van der Waals surface area contributed by atoms with Crippen LogP contribution in [0.15, 0.2) is 65.7 Å². The van der Waals surface area contributed by atoms with E-state index in [9.17, 15) is 8.42 Å². The molecule has 4 rings (SSSR count). The predicted octanol–water partition coefficient (Wildman–Crippen LogP) is 4.09. The van der Waals surface area contributed by atoms with Crippen LogP contribution in [0.3, 0.4) is 0 Å². The number of sulfonamides is 1. The van der Waals surface area contributed by atoms with Gasteiger partial charge >= 0.3 is 0 Å². The Bertz CT molecular complexity index is 1150. The third-order valence-electron chi connectivity index (χ3n) is 6.24. The maximum atomic E-state index is 13.7. The van der Waals surface area contributed by atoms with Gasteiger partial charge in [0, 0.05) is 43.3 Å². The van der Waals surface area contributed by atoms with Crippen LogP contribution in [0, 0.1) is 0 Å². The SMILES string of the molecule is CCN([C@H]1CCN([C@H](C)c2ccccc2)C1)S(=O)(=O)c1ccc(OC)c2ncccc12. The molecular formula is C24H29N3O3S. The number of likely N-dealkylation sites (tertiary alicyclic amines) is 1. The van der Waals surface area contributed by atoms with Gasteiger partial charge in [0.25, 0.3) is 0 Å². The van der Waals surface area contributed by atoms with E-state index in [-0.39, 0.29) is 17.0 Å². The maximum absolute atomic E-state index is 13.7. The first-order chi connectivity index (χ1) is 15.0. The second-order valence-electron chi connectivity index (χ2n) is 7.90. The number of pyridine rings is 1. The molecule has 0 saturated carbocycles. The Kier molecular flexibility index (Phi) is 6.27. The summed E-state index contributed by atoms with van der Waals surface area (Å²) in [5.41, 5.74) is 1.81. The second-order valence-corrected chi connectivity index (χ2v) is 9.76. The summed E-state index contributed by atoms with van der Waals surface area (Å²) in [6.07, 6.45) is 2.47. The van der Waals surface area contributed by atoms with Crippen LogP contribution >= 0.6 is 0 Å². The Morgan fingerprint density at radius 1 is 1.16 bits per heavy atom. The van der Waals surface area contributed by atoms with Crippen molar-refractivity contribution in [1.29, 1.82) is 0 Å². The number of nitrogens with zero attached hydrogens (tertiary/aromatic N) is 3. The number of ether oxygens (including phenoxy) is 1. The average Bonchev–Trinajstić information content (AvgIpc) is 3.28. The van der Waals surface area contributed by atoms with Crippen LogP contribution in [0.5, 0.6) is 5.75 Å². The van der Waals surface area contributed by atoms with E-state index in [0.29, 0.717) is 23.2 Å². The van der Waals surface area contributed by atoms with Gasteiger partial charge in [-0.25, -0.2) is 8.42 Å². The largest absolute Gasteiger partial charge is 0.494 e. The molecule has 164 valence electrons. The van der Waals surface area contributed by atoms with Crippen molar-refractivity contribution < 1.29 is 13.2 Å². The van der Waals surface area contributed by atoms with Crippen molar-refractivity contribution in [3.63, 3.8) is 0 Å². The van der Waals surface area contributed by atoms with Gasteiger partial charge in [-0.15, -0.1) is 0 Å². The van der Waals surface area contributed by atoms with Crippen molar-refractivity contribution in [2.24, 2.45) is 0 Å². The molecule has 31 heavy (non-hydrogen) atoms. The quantitative estimate of drug-likeness (QED) is 0.555. The summed E-state index contributed by atoms with van der Waals surface area (Å²) in [7, 11) is -2.12. The van der Waals surface area contributed by atoms with Crippen molar-refractivity contribution in [2.75, 3.05) is 26.7 Å². The molecule has 1 aliphatic rings. The van der Waals surface area contributed by atoms with Crippen molar-refractivity contribution in [3.8, 4) is 5.75 Å². The molecule has 2 atom stereocenters. The summed E-state index contributed by atoms with van der Waals surface area (Å²) in [5, 5.41) is 0.591. The van der Waals surface area contributed by atoms with E-state index in [4.69, 9.17) is 4.74 Å². The first kappa shape index (κ1) is 21.7. The Labute approximate surface area is 184 Å². The smallest absolute Gasteiger partial charge is 0.244 e. The van der Waals surface area contributed by atoms with Gasteiger partial charge < -0.3 is 4.74 Å². The highest BCUT2D eigenvalue weighted by molar-refractivity contribution is 7.89. The van der Waals surface area contributed by atoms with Gasteiger partial charge in [-0.3, -0.25) is 9.88 Å². The molecule has 0 N–H and O–H groups in total. The van der Waals surface area contributed by atoms with Gasteiger partial charge in [-0.1, -0.05) is 37.3 Å². The molecule has 1 aliphatic heterocycles. The zero-order valence-electron chi connectivity index (χ0n) is 18.2. The maximum Gasteiger partial charge on any atom is 0.244 e. The van der Waals surface area contributed by atoms with E-state index in [0.717, 1.165) is 19.5 Å². The molecule has 0 radical (unpaired) electrons. The van der Waals surface area contributed by atoms with E-state index in [1.807, 2.05) is 25.1 Å². The van der Waals surface area contributed by atoms with Crippen LogP contribution in [-0.2, 0) is 10.0 Å². The Hall–Kier alpha value is -2.48. The molecule has 1 saturated heterocycles. The summed E-state index contributed by atoms with van der Waals surface area (Å²) >= 11 is 0. The highest BCUT2D eigenvalue weighted by Crippen LogP contribution is 2.34. The summed E-state index contributed by atoms with van der Waals surface area (Å²) in [6, 6.07) is 17.4. The lowest BCUT2D eigenvalue weighted by atomic mass is 10.1. The van der Waals surface area contributed by atoms with E-state index in [2.05, 4.69) is 28.9 Å². The molecule has 0 spiro atoms. The fourth-order valence-electron chi connectivity index (χ4n) is 4.56. The molecule has 6 nitrogen and oxygen atoms in total. The standard InChI is InChI=1S/C24H29N3O3S/c1-4-27(20-14-16-26(17-20)18(2)19-9-6-5-7-10-19)31(28,29)23-13-12-22(30-3)24-21(23)11-8-15-25-24/h5-13,15,18,20H,4,14,16-17H2,1-3H3/t18-,20+/m1/s1. The van der Waals surface area contributed by atoms with E-state index >= 15 is 0 Å². The normalized spacial score (nSPS) is 18.5. The lowest BCUT2D eigenvalue weighted by Crippen LogP contribution is -2.42. The van der Waals surface area contributed by atoms with Crippen molar-refractivity contribution in [1.82, 2.24) is 14.2 Å². The molecule has 7 heteroatoms. The van der Waals surface area contributed by atoms with Crippen molar-refractivity contribution in [2.45, 2.75) is 37.2 Å². The molecule has 1 fully saturated rings. The van der Waals surface area contributed by atoms with E-state index in [1.165, 1.54) is 5.56 Å². The highest BCUT2D eigenvalue weighted by Gasteiger charge is 2.37. The number of hydrogen-bond donors (Lipinski definition) is 0. The first-order valence-corrected chi connectivity index (χ1v) is 12.1. The van der Waals surface area contributed by atoms with E-state index < -0.39 is 10.0 Å². The van der Waals surface area contributed by atoms with Crippen LogP contribution in [0.1, 0.15) is 31.9 Å². The van der Waals surface area contributed by atoms with Gasteiger partial charge in [-0.2, -0.15) is 4.31 Å². The highest BCUT2D eigenvalue weighted by atomic mass is 32.2. The molecule has 2 heterocycles. The lowest BCUT2D eigenvalue weighted by molar-refractivity contribution is 0.239. The van der Waals surface area contributed by atoms with Crippen LogP contribution in [0.25, 0.3) is 10.9 Å². The lowest BCUT2D eigenvalue weighted by Gasteiger charge is -2.29. The van der Waals surface area contributed by atoms with Crippen LogP contribution in [-0.4, -0.2) is 55.4 Å². The van der Waals surface area contributed by atoms with Crippen molar-refractivity contribution in [3.05, 3.63) is 66.4 Å². The van der Waals surface area contributed by atoms with Gasteiger partial charge in [0.2, 0.25) is 10.0 Å². The minimum absolute atomic E-state index is 0.0602. The predicted molar refractivity (Wildman–Crippen MR) is 123 cm³/mol. The third kappa shape index (κ3) is 4.05. The molecular weight excluding hydrogens is 410 g/mol. The van der Waals surface area contributed by atoms with Gasteiger partial charge in [0.05, 0.1) is 12.0 Å². The third-order valence-corrected chi connectivity index (χ3v) is 8.33. The number of hydrogen-bond acceptors (Lipinski definition) is 5. The monoisotopic (exact) mass is 439 g/mol. The number of benzene rings is 2. The minimum Gasteiger partial charge on any atom is -0.494 e. The topological polar surface area (TPSA) is 62.7 Å². The summed E-state index contributed by atoms with van der Waals surface area (Å²) in [5.74, 6) is 0.571.